The molecule has 126 valence electrons. The lowest BCUT2D eigenvalue weighted by molar-refractivity contribution is 0.101. The summed E-state index contributed by atoms with van der Waals surface area (Å²) in [6, 6.07) is 13.3. The zero-order valence-electron chi connectivity index (χ0n) is 13.2. The van der Waals surface area contributed by atoms with Crippen LogP contribution in [0.3, 0.4) is 0 Å². The normalized spacial score (nSPS) is 10.4. The molecule has 0 aliphatic carbocycles. The van der Waals surface area contributed by atoms with E-state index >= 15 is 0 Å². The van der Waals surface area contributed by atoms with Crippen molar-refractivity contribution in [3.05, 3.63) is 71.8 Å². The van der Waals surface area contributed by atoms with Crippen LogP contribution in [0.1, 0.15) is 10.4 Å². The first-order valence-corrected chi connectivity index (χ1v) is 7.32. The van der Waals surface area contributed by atoms with Gasteiger partial charge >= 0.3 is 0 Å². The van der Waals surface area contributed by atoms with E-state index in [1.165, 1.54) is 13.2 Å². The van der Waals surface area contributed by atoms with Gasteiger partial charge in [0.1, 0.15) is 17.2 Å². The Morgan fingerprint density at radius 1 is 0.960 bits per heavy atom. The summed E-state index contributed by atoms with van der Waals surface area (Å²) in [7, 11) is 1.50. The molecule has 0 radical (unpaired) electrons. The topological polar surface area (TPSA) is 64.1 Å². The average Bonchev–Trinajstić information content (AvgIpc) is 2.62. The molecule has 0 aliphatic rings. The zero-order valence-corrected chi connectivity index (χ0v) is 13.2. The first-order valence-electron chi connectivity index (χ1n) is 7.32. The highest BCUT2D eigenvalue weighted by Crippen LogP contribution is 2.21. The van der Waals surface area contributed by atoms with E-state index in [0.717, 1.165) is 17.7 Å². The van der Waals surface area contributed by atoms with Crippen LogP contribution < -0.4 is 10.1 Å². The molecule has 1 amide bonds. The van der Waals surface area contributed by atoms with Crippen molar-refractivity contribution in [3.63, 3.8) is 0 Å². The first kappa shape index (κ1) is 16.5. The quantitative estimate of drug-likeness (QED) is 0.786. The minimum absolute atomic E-state index is 0.401. The fourth-order valence-electron chi connectivity index (χ4n) is 2.22. The van der Waals surface area contributed by atoms with E-state index in [1.807, 2.05) is 0 Å². The summed E-state index contributed by atoms with van der Waals surface area (Å²) < 4.78 is 32.2. The Hall–Kier alpha value is -3.35. The van der Waals surface area contributed by atoms with E-state index in [-0.39, 0.29) is 0 Å². The number of hydrogen-bond acceptors (Lipinski definition) is 4. The Bertz CT molecular complexity index is 877. The Morgan fingerprint density at radius 2 is 1.64 bits per heavy atom. The highest BCUT2D eigenvalue weighted by atomic mass is 19.1. The molecule has 1 heterocycles. The summed E-state index contributed by atoms with van der Waals surface area (Å²) in [6.07, 6.45) is 0. The minimum Gasteiger partial charge on any atom is -0.480 e. The van der Waals surface area contributed by atoms with Gasteiger partial charge in [-0.15, -0.1) is 10.2 Å². The molecule has 3 rings (SSSR count). The number of carbonyl (C=O) groups is 1. The summed E-state index contributed by atoms with van der Waals surface area (Å²) in [4.78, 5) is 12.1. The lowest BCUT2D eigenvalue weighted by Crippen LogP contribution is -2.15. The summed E-state index contributed by atoms with van der Waals surface area (Å²) >= 11 is 0. The molecule has 7 heteroatoms. The van der Waals surface area contributed by atoms with Crippen molar-refractivity contribution >= 4 is 11.6 Å². The van der Waals surface area contributed by atoms with Crippen molar-refractivity contribution in [2.75, 3.05) is 12.4 Å². The van der Waals surface area contributed by atoms with E-state index < -0.39 is 23.1 Å². The van der Waals surface area contributed by atoms with Crippen LogP contribution in [-0.4, -0.2) is 23.2 Å². The van der Waals surface area contributed by atoms with Gasteiger partial charge in [0.05, 0.1) is 12.8 Å². The van der Waals surface area contributed by atoms with Crippen LogP contribution in [0, 0.1) is 11.6 Å². The van der Waals surface area contributed by atoms with Crippen molar-refractivity contribution in [1.29, 1.82) is 0 Å². The van der Waals surface area contributed by atoms with E-state index in [1.54, 1.807) is 36.4 Å². The van der Waals surface area contributed by atoms with Gasteiger partial charge in [0, 0.05) is 17.3 Å². The van der Waals surface area contributed by atoms with Crippen molar-refractivity contribution in [1.82, 2.24) is 10.2 Å². The third-order valence-electron chi connectivity index (χ3n) is 3.48. The molecule has 3 aromatic rings. The maximum atomic E-state index is 13.6. The van der Waals surface area contributed by atoms with Crippen LogP contribution in [-0.2, 0) is 0 Å². The Morgan fingerprint density at radius 3 is 2.20 bits per heavy atom. The summed E-state index contributed by atoms with van der Waals surface area (Å²) in [5.41, 5.74) is 1.18. The van der Waals surface area contributed by atoms with Gasteiger partial charge in [-0.2, -0.15) is 0 Å². The fourth-order valence-corrected chi connectivity index (χ4v) is 2.22. The number of benzene rings is 2. The largest absolute Gasteiger partial charge is 0.480 e. The second-order valence-electron chi connectivity index (χ2n) is 5.09. The van der Waals surface area contributed by atoms with Gasteiger partial charge < -0.3 is 10.1 Å². The number of anilines is 1. The summed E-state index contributed by atoms with van der Waals surface area (Å²) in [5, 5.41) is 10.4. The third-order valence-corrected chi connectivity index (χ3v) is 3.48. The number of hydrogen-bond donors (Lipinski definition) is 1. The summed E-state index contributed by atoms with van der Waals surface area (Å²) in [5.74, 6) is -2.28. The van der Waals surface area contributed by atoms with Crippen LogP contribution in [0.4, 0.5) is 14.5 Å². The molecule has 0 aliphatic heterocycles. The molecule has 25 heavy (non-hydrogen) atoms. The van der Waals surface area contributed by atoms with Crippen molar-refractivity contribution in [2.45, 2.75) is 0 Å². The highest BCUT2D eigenvalue weighted by Gasteiger charge is 2.17. The van der Waals surface area contributed by atoms with Crippen molar-refractivity contribution in [2.24, 2.45) is 0 Å². The molecular formula is C18H13F2N3O2. The molecule has 0 fully saturated rings. The molecule has 2 aromatic carbocycles. The molecule has 5 nitrogen and oxygen atoms in total. The summed E-state index contributed by atoms with van der Waals surface area (Å²) in [6.45, 7) is 0. The Kier molecular flexibility index (Phi) is 4.65. The predicted octanol–water partition coefficient (Wildman–Crippen LogP) is 3.68. The van der Waals surface area contributed by atoms with Crippen molar-refractivity contribution in [3.8, 4) is 17.1 Å². The third kappa shape index (κ3) is 3.60. The first-order chi connectivity index (χ1) is 12.1. The van der Waals surface area contributed by atoms with Gasteiger partial charge in [0.2, 0.25) is 5.88 Å². The number of aromatic nitrogens is 2. The number of methoxy groups -OCH3 is 1. The van der Waals surface area contributed by atoms with Gasteiger partial charge in [-0.3, -0.25) is 4.79 Å². The monoisotopic (exact) mass is 341 g/mol. The number of rotatable bonds is 4. The maximum Gasteiger partial charge on any atom is 0.261 e. The SMILES string of the molecule is COc1ccc(-c2ccc(NC(=O)c3c(F)cccc3F)cc2)nn1. The van der Waals surface area contributed by atoms with Crippen molar-refractivity contribution < 1.29 is 18.3 Å². The lowest BCUT2D eigenvalue weighted by atomic mass is 10.1. The van der Waals surface area contributed by atoms with Crippen LogP contribution in [0.2, 0.25) is 0 Å². The van der Waals surface area contributed by atoms with Gasteiger partial charge in [-0.1, -0.05) is 18.2 Å². The number of nitrogens with zero attached hydrogens (tertiary/aromatic N) is 2. The van der Waals surface area contributed by atoms with Gasteiger partial charge in [0.25, 0.3) is 5.91 Å². The standard InChI is InChI=1S/C18H13F2N3O2/c1-25-16-10-9-15(22-23-16)11-5-7-12(8-6-11)21-18(24)17-13(19)3-2-4-14(17)20/h2-10H,1H3,(H,21,24). The molecule has 0 saturated heterocycles. The molecule has 1 aromatic heterocycles. The predicted molar refractivity (Wildman–Crippen MR) is 88.3 cm³/mol. The average molecular weight is 341 g/mol. The van der Waals surface area contributed by atoms with Crippen LogP contribution in [0.25, 0.3) is 11.3 Å². The molecular weight excluding hydrogens is 328 g/mol. The maximum absolute atomic E-state index is 13.6. The number of carbonyl (C=O) groups excluding carboxylic acids is 1. The molecule has 0 spiro atoms. The lowest BCUT2D eigenvalue weighted by Gasteiger charge is -2.08. The highest BCUT2D eigenvalue weighted by molar-refractivity contribution is 6.04. The van der Waals surface area contributed by atoms with E-state index in [2.05, 4.69) is 15.5 Å². The van der Waals surface area contributed by atoms with Gasteiger partial charge in [-0.05, 0) is 30.3 Å². The second kappa shape index (κ2) is 7.04. The number of halogens is 2. The van der Waals surface area contributed by atoms with Gasteiger partial charge in [0.15, 0.2) is 0 Å². The molecule has 0 saturated carbocycles. The number of ether oxygens (including phenoxy) is 1. The molecule has 0 bridgehead atoms. The van der Waals surface area contributed by atoms with Crippen LogP contribution in [0.5, 0.6) is 5.88 Å². The Labute approximate surface area is 142 Å². The molecule has 0 atom stereocenters. The van der Waals surface area contributed by atoms with Crippen LogP contribution >= 0.6 is 0 Å². The number of amides is 1. The zero-order chi connectivity index (χ0) is 17.8. The fraction of sp³-hybridized carbons (Fsp3) is 0.0556. The second-order valence-corrected chi connectivity index (χ2v) is 5.09. The molecule has 0 unspecified atom stereocenters. The van der Waals surface area contributed by atoms with E-state index in [9.17, 15) is 13.6 Å². The van der Waals surface area contributed by atoms with E-state index in [4.69, 9.17) is 4.74 Å². The number of nitrogens with one attached hydrogen (secondary N) is 1. The van der Waals surface area contributed by atoms with E-state index in [0.29, 0.717) is 17.3 Å². The Balaban J connectivity index is 1.77. The smallest absolute Gasteiger partial charge is 0.261 e. The van der Waals surface area contributed by atoms with Crippen LogP contribution in [0.15, 0.2) is 54.6 Å². The molecule has 1 N–H and O–H groups in total. The van der Waals surface area contributed by atoms with Gasteiger partial charge in [-0.25, -0.2) is 8.78 Å². The minimum atomic E-state index is -0.914.